The Morgan fingerprint density at radius 3 is 1.83 bits per heavy atom. The molecule has 0 spiro atoms. The minimum atomic E-state index is -0.780. The van der Waals surface area contributed by atoms with E-state index in [1.54, 1.807) is 13.8 Å². The van der Waals surface area contributed by atoms with Gasteiger partial charge in [-0.1, -0.05) is 12.2 Å². The van der Waals surface area contributed by atoms with E-state index < -0.39 is 23.0 Å². The van der Waals surface area contributed by atoms with Crippen molar-refractivity contribution in [3.8, 4) is 0 Å². The second kappa shape index (κ2) is 8.11. The fraction of sp³-hybridized carbons (Fsp3) is 0.467. The Bertz CT molecular complexity index is 719. The van der Waals surface area contributed by atoms with E-state index in [0.717, 1.165) is 13.7 Å². The zero-order valence-electron chi connectivity index (χ0n) is 13.4. The summed E-state index contributed by atoms with van der Waals surface area (Å²) in [5.41, 5.74) is -2.30. The first-order valence-electron chi connectivity index (χ1n) is 7.19. The van der Waals surface area contributed by atoms with Crippen molar-refractivity contribution in [2.75, 3.05) is 0 Å². The molecule has 0 atom stereocenters. The maximum atomic E-state index is 12.3. The third-order valence-corrected chi connectivity index (χ3v) is 2.92. The molecule has 0 aliphatic heterocycles. The first kappa shape index (κ1) is 18.4. The van der Waals surface area contributed by atoms with Crippen molar-refractivity contribution in [3.05, 3.63) is 56.8 Å². The summed E-state index contributed by atoms with van der Waals surface area (Å²) in [4.78, 5) is 48.3. The van der Waals surface area contributed by atoms with E-state index in [1.165, 1.54) is 12.2 Å². The number of hydrogen-bond donors (Lipinski definition) is 0. The van der Waals surface area contributed by atoms with Crippen molar-refractivity contribution in [2.24, 2.45) is 0 Å². The van der Waals surface area contributed by atoms with Crippen LogP contribution >= 0.6 is 0 Å². The van der Waals surface area contributed by atoms with Crippen LogP contribution in [0.25, 0.3) is 0 Å². The summed E-state index contributed by atoms with van der Waals surface area (Å²) in [6.45, 7) is 10.1. The Morgan fingerprint density at radius 1 is 1.00 bits per heavy atom. The molecule has 0 N–H and O–H groups in total. The van der Waals surface area contributed by atoms with Gasteiger partial charge in [-0.2, -0.15) is 0 Å². The zero-order chi connectivity index (χ0) is 17.6. The highest BCUT2D eigenvalue weighted by Crippen LogP contribution is 1.94. The van der Waals surface area contributed by atoms with Gasteiger partial charge in [-0.25, -0.2) is 28.1 Å². The molecule has 1 rings (SSSR count). The molecule has 1 aromatic heterocycles. The Hall–Kier alpha value is -2.64. The van der Waals surface area contributed by atoms with Gasteiger partial charge in [-0.05, 0) is 13.8 Å². The number of nitrogens with zero attached hydrogens (tertiary/aromatic N) is 3. The molecule has 1 aromatic rings. The van der Waals surface area contributed by atoms with Crippen molar-refractivity contribution in [1.82, 2.24) is 13.7 Å². The second-order valence-electron chi connectivity index (χ2n) is 5.09. The number of esters is 1. The Balaban J connectivity index is 3.30. The summed E-state index contributed by atoms with van der Waals surface area (Å²) >= 11 is 0. The SMILES string of the molecule is C=CCn1c(=O)n(CC=C)c(=O)n(CCC(=O)OC(C)C)c1=O. The molecule has 0 aliphatic rings. The average Bonchev–Trinajstić information content (AvgIpc) is 2.47. The molecule has 0 fully saturated rings. The summed E-state index contributed by atoms with van der Waals surface area (Å²) in [6, 6.07) is 0. The molecular formula is C15H21N3O5. The lowest BCUT2D eigenvalue weighted by molar-refractivity contribution is -0.147. The molecule has 0 aliphatic carbocycles. The second-order valence-corrected chi connectivity index (χ2v) is 5.09. The highest BCUT2D eigenvalue weighted by Gasteiger charge is 2.15. The van der Waals surface area contributed by atoms with Gasteiger partial charge in [0.2, 0.25) is 0 Å². The van der Waals surface area contributed by atoms with E-state index in [9.17, 15) is 19.2 Å². The van der Waals surface area contributed by atoms with Crippen LogP contribution in [0.2, 0.25) is 0 Å². The molecule has 1 heterocycles. The van der Waals surface area contributed by atoms with Gasteiger partial charge in [-0.3, -0.25) is 4.79 Å². The molecular weight excluding hydrogens is 302 g/mol. The largest absolute Gasteiger partial charge is 0.463 e. The molecule has 0 saturated heterocycles. The van der Waals surface area contributed by atoms with E-state index in [1.807, 2.05) is 0 Å². The number of aromatic nitrogens is 3. The third kappa shape index (κ3) is 4.41. The molecule has 0 bridgehead atoms. The van der Waals surface area contributed by atoms with E-state index in [0.29, 0.717) is 0 Å². The van der Waals surface area contributed by atoms with Crippen molar-refractivity contribution >= 4 is 5.97 Å². The lowest BCUT2D eigenvalue weighted by Gasteiger charge is -2.12. The van der Waals surface area contributed by atoms with Crippen LogP contribution in [-0.2, 0) is 29.2 Å². The number of ether oxygens (including phenoxy) is 1. The molecule has 126 valence electrons. The molecule has 0 aromatic carbocycles. The van der Waals surface area contributed by atoms with E-state index >= 15 is 0 Å². The van der Waals surface area contributed by atoms with Gasteiger partial charge in [0, 0.05) is 6.54 Å². The van der Waals surface area contributed by atoms with E-state index in [-0.39, 0.29) is 32.2 Å². The van der Waals surface area contributed by atoms with Crippen LogP contribution in [0.1, 0.15) is 20.3 Å². The molecule has 23 heavy (non-hydrogen) atoms. The minimum Gasteiger partial charge on any atom is -0.463 e. The van der Waals surface area contributed by atoms with Gasteiger partial charge in [0.25, 0.3) is 0 Å². The molecule has 8 nitrogen and oxygen atoms in total. The number of hydrogen-bond acceptors (Lipinski definition) is 5. The Kier molecular flexibility index (Phi) is 6.49. The van der Waals surface area contributed by atoms with Gasteiger partial charge >= 0.3 is 23.0 Å². The molecule has 0 saturated carbocycles. The average molecular weight is 323 g/mol. The van der Waals surface area contributed by atoms with Crippen LogP contribution in [0, 0.1) is 0 Å². The molecule has 0 radical (unpaired) electrons. The standard InChI is InChI=1S/C15H21N3O5/c1-5-8-16-13(20)17(9-6-2)15(22)18(14(16)21)10-7-12(19)23-11(3)4/h5-6,11H,1-2,7-10H2,3-4H3. The van der Waals surface area contributed by atoms with Crippen LogP contribution in [0.3, 0.4) is 0 Å². The molecule has 0 unspecified atom stereocenters. The quantitative estimate of drug-likeness (QED) is 0.491. The highest BCUT2D eigenvalue weighted by atomic mass is 16.5. The Morgan fingerprint density at radius 2 is 1.43 bits per heavy atom. The predicted molar refractivity (Wildman–Crippen MR) is 85.5 cm³/mol. The van der Waals surface area contributed by atoms with E-state index in [2.05, 4.69) is 13.2 Å². The third-order valence-electron chi connectivity index (χ3n) is 2.92. The zero-order valence-corrected chi connectivity index (χ0v) is 13.4. The van der Waals surface area contributed by atoms with E-state index in [4.69, 9.17) is 4.74 Å². The number of carbonyl (C=O) groups excluding carboxylic acids is 1. The Labute approximate surface area is 132 Å². The number of rotatable bonds is 8. The number of carbonyl (C=O) groups is 1. The van der Waals surface area contributed by atoms with Crippen molar-refractivity contribution in [3.63, 3.8) is 0 Å². The van der Waals surface area contributed by atoms with Crippen LogP contribution in [0.5, 0.6) is 0 Å². The lowest BCUT2D eigenvalue weighted by Crippen LogP contribution is -2.54. The van der Waals surface area contributed by atoms with Gasteiger partial charge < -0.3 is 4.74 Å². The fourth-order valence-electron chi connectivity index (χ4n) is 1.97. The smallest absolute Gasteiger partial charge is 0.336 e. The molecule has 0 amide bonds. The first-order valence-corrected chi connectivity index (χ1v) is 7.19. The van der Waals surface area contributed by atoms with Crippen LogP contribution < -0.4 is 17.1 Å². The summed E-state index contributed by atoms with van der Waals surface area (Å²) in [5, 5.41) is 0. The van der Waals surface area contributed by atoms with Crippen LogP contribution in [-0.4, -0.2) is 25.8 Å². The normalized spacial score (nSPS) is 10.6. The van der Waals surface area contributed by atoms with Gasteiger partial charge in [-0.15, -0.1) is 13.2 Å². The maximum Gasteiger partial charge on any atom is 0.336 e. The fourth-order valence-corrected chi connectivity index (χ4v) is 1.97. The molecule has 8 heteroatoms. The van der Waals surface area contributed by atoms with Crippen LogP contribution in [0.4, 0.5) is 0 Å². The van der Waals surface area contributed by atoms with Crippen molar-refractivity contribution < 1.29 is 9.53 Å². The van der Waals surface area contributed by atoms with Crippen LogP contribution in [0.15, 0.2) is 39.7 Å². The summed E-state index contributed by atoms with van der Waals surface area (Å²) in [6.07, 6.45) is 2.32. The number of allylic oxidation sites excluding steroid dienone is 2. The summed E-state index contributed by atoms with van der Waals surface area (Å²) in [5.74, 6) is -0.525. The monoisotopic (exact) mass is 323 g/mol. The summed E-state index contributed by atoms with van der Waals surface area (Å²) < 4.78 is 7.57. The van der Waals surface area contributed by atoms with Gasteiger partial charge in [0.15, 0.2) is 0 Å². The predicted octanol–water partition coefficient (Wildman–Crippen LogP) is -0.115. The minimum absolute atomic E-state index is 0.0362. The maximum absolute atomic E-state index is 12.3. The summed E-state index contributed by atoms with van der Waals surface area (Å²) in [7, 11) is 0. The van der Waals surface area contributed by atoms with Gasteiger partial charge in [0.1, 0.15) is 0 Å². The lowest BCUT2D eigenvalue weighted by atomic mass is 10.4. The van der Waals surface area contributed by atoms with Gasteiger partial charge in [0.05, 0.1) is 25.6 Å². The first-order chi connectivity index (χ1) is 10.8. The topological polar surface area (TPSA) is 92.3 Å². The van der Waals surface area contributed by atoms with Crippen molar-refractivity contribution in [2.45, 2.75) is 46.0 Å². The highest BCUT2D eigenvalue weighted by molar-refractivity contribution is 5.69. The van der Waals surface area contributed by atoms with Crippen molar-refractivity contribution in [1.29, 1.82) is 0 Å².